The fraction of sp³-hybridized carbons (Fsp3) is 0.591. The number of carbonyl (C=O) groups excluding carboxylic acids is 1. The summed E-state index contributed by atoms with van der Waals surface area (Å²) in [5.74, 6) is 0.585. The minimum atomic E-state index is -3.46. The van der Waals surface area contributed by atoms with Gasteiger partial charge >= 0.3 is 0 Å². The number of rotatable bonds is 7. The first-order valence-corrected chi connectivity index (χ1v) is 12.3. The molecule has 164 valence electrons. The Kier molecular flexibility index (Phi) is 6.46. The van der Waals surface area contributed by atoms with Crippen LogP contribution in [0.15, 0.2) is 35.4 Å². The van der Waals surface area contributed by atoms with Crippen LogP contribution in [-0.2, 0) is 26.1 Å². The van der Waals surface area contributed by atoms with E-state index >= 15 is 0 Å². The highest BCUT2D eigenvalue weighted by Gasteiger charge is 2.28. The molecule has 0 aliphatic carbocycles. The van der Waals surface area contributed by atoms with Crippen LogP contribution in [-0.4, -0.2) is 55.5 Å². The Morgan fingerprint density at radius 3 is 2.73 bits per heavy atom. The van der Waals surface area contributed by atoms with Crippen molar-refractivity contribution in [2.75, 3.05) is 26.2 Å². The third-order valence-corrected chi connectivity index (χ3v) is 8.15. The highest BCUT2D eigenvalue weighted by Crippen LogP contribution is 2.26. The molecule has 2 saturated heterocycles. The normalized spacial score (nSPS) is 21.3. The Balaban J connectivity index is 1.39. The first-order chi connectivity index (χ1) is 14.4. The fourth-order valence-electron chi connectivity index (χ4n) is 4.25. The lowest BCUT2D eigenvalue weighted by molar-refractivity contribution is -0.121. The second kappa shape index (κ2) is 9.08. The molecule has 8 heteroatoms. The third kappa shape index (κ3) is 4.71. The Bertz CT molecular complexity index is 987. The molecule has 7 nitrogen and oxygen atoms in total. The summed E-state index contributed by atoms with van der Waals surface area (Å²) < 4.78 is 35.1. The molecule has 1 amide bonds. The van der Waals surface area contributed by atoms with Crippen molar-refractivity contribution in [3.05, 3.63) is 30.5 Å². The Morgan fingerprint density at radius 1 is 1.20 bits per heavy atom. The third-order valence-electron chi connectivity index (χ3n) is 6.25. The predicted molar refractivity (Wildman–Crippen MR) is 116 cm³/mol. The van der Waals surface area contributed by atoms with E-state index in [0.717, 1.165) is 43.2 Å². The summed E-state index contributed by atoms with van der Waals surface area (Å²) in [4.78, 5) is 12.5. The number of carbonyl (C=O) groups is 1. The second-order valence-electron chi connectivity index (χ2n) is 8.51. The van der Waals surface area contributed by atoms with Gasteiger partial charge in [-0.2, -0.15) is 4.31 Å². The van der Waals surface area contributed by atoms with E-state index < -0.39 is 10.0 Å². The number of ether oxygens (including phenoxy) is 1. The topological polar surface area (TPSA) is 80.6 Å². The molecule has 2 aromatic rings. The molecule has 0 spiro atoms. The summed E-state index contributed by atoms with van der Waals surface area (Å²) >= 11 is 0. The number of fused-ring (bicyclic) bond motifs is 1. The quantitative estimate of drug-likeness (QED) is 0.728. The van der Waals surface area contributed by atoms with Crippen molar-refractivity contribution in [2.24, 2.45) is 5.92 Å². The van der Waals surface area contributed by atoms with Gasteiger partial charge in [0.25, 0.3) is 0 Å². The van der Waals surface area contributed by atoms with E-state index in [9.17, 15) is 13.2 Å². The molecule has 0 unspecified atom stereocenters. The van der Waals surface area contributed by atoms with Crippen molar-refractivity contribution < 1.29 is 17.9 Å². The molecule has 3 heterocycles. The Labute approximate surface area is 178 Å². The van der Waals surface area contributed by atoms with E-state index in [0.29, 0.717) is 43.4 Å². The van der Waals surface area contributed by atoms with Crippen LogP contribution in [0.5, 0.6) is 0 Å². The lowest BCUT2D eigenvalue weighted by Crippen LogP contribution is -2.37. The summed E-state index contributed by atoms with van der Waals surface area (Å²) in [7, 11) is -3.46. The van der Waals surface area contributed by atoms with Crippen molar-refractivity contribution in [3.63, 3.8) is 0 Å². The molecule has 1 atom stereocenters. The number of amides is 1. The number of sulfonamides is 1. The molecule has 2 aliphatic heterocycles. The van der Waals surface area contributed by atoms with Crippen LogP contribution in [0.1, 0.15) is 39.0 Å². The Hall–Kier alpha value is -1.90. The number of aryl methyl sites for hydroxylation is 1. The van der Waals surface area contributed by atoms with Gasteiger partial charge in [-0.15, -0.1) is 0 Å². The van der Waals surface area contributed by atoms with Gasteiger partial charge in [-0.3, -0.25) is 4.79 Å². The second-order valence-corrected chi connectivity index (χ2v) is 10.4. The van der Waals surface area contributed by atoms with Gasteiger partial charge in [0.2, 0.25) is 15.9 Å². The predicted octanol–water partition coefficient (Wildman–Crippen LogP) is 2.75. The van der Waals surface area contributed by atoms with Gasteiger partial charge in [0.05, 0.1) is 11.0 Å². The maximum Gasteiger partial charge on any atom is 0.243 e. The van der Waals surface area contributed by atoms with Crippen LogP contribution >= 0.6 is 0 Å². The van der Waals surface area contributed by atoms with Gasteiger partial charge in [0.15, 0.2) is 0 Å². The van der Waals surface area contributed by atoms with Gasteiger partial charge in [-0.05, 0) is 55.9 Å². The van der Waals surface area contributed by atoms with Crippen molar-refractivity contribution in [1.82, 2.24) is 14.2 Å². The maximum absolute atomic E-state index is 13.0. The smallest absolute Gasteiger partial charge is 0.243 e. The lowest BCUT2D eigenvalue weighted by Gasteiger charge is -2.29. The van der Waals surface area contributed by atoms with Crippen LogP contribution in [0.2, 0.25) is 0 Å². The van der Waals surface area contributed by atoms with E-state index in [1.54, 1.807) is 16.4 Å². The van der Waals surface area contributed by atoms with Crippen molar-refractivity contribution >= 4 is 26.8 Å². The molecule has 2 fully saturated rings. The average molecular weight is 434 g/mol. The van der Waals surface area contributed by atoms with Gasteiger partial charge in [0, 0.05) is 56.3 Å². The lowest BCUT2D eigenvalue weighted by atomic mass is 10.0. The summed E-state index contributed by atoms with van der Waals surface area (Å²) in [6, 6.07) is 7.19. The van der Waals surface area contributed by atoms with Crippen molar-refractivity contribution in [3.8, 4) is 0 Å². The summed E-state index contributed by atoms with van der Waals surface area (Å²) in [5.41, 5.74) is 0.938. The standard InChI is InChI=1S/C22H31N3O4S/c1-17-6-12-25(13-7-17)30(27,28)20-4-5-21-18(15-20)8-10-24(21)11-9-22(26)23-16-19-3-2-14-29-19/h4-5,8,10,15,17,19H,2-3,6-7,9,11-14,16H2,1H3,(H,23,26)/t19-/m0/s1. The zero-order valence-electron chi connectivity index (χ0n) is 17.5. The molecule has 1 aromatic carbocycles. The Morgan fingerprint density at radius 2 is 2.00 bits per heavy atom. The van der Waals surface area contributed by atoms with Crippen LogP contribution in [0.3, 0.4) is 0 Å². The van der Waals surface area contributed by atoms with Gasteiger partial charge in [0.1, 0.15) is 0 Å². The maximum atomic E-state index is 13.0. The molecule has 1 N–H and O–H groups in total. The van der Waals surface area contributed by atoms with Crippen LogP contribution in [0.4, 0.5) is 0 Å². The zero-order chi connectivity index (χ0) is 21.1. The highest BCUT2D eigenvalue weighted by atomic mass is 32.2. The number of hydrogen-bond acceptors (Lipinski definition) is 4. The minimum Gasteiger partial charge on any atom is -0.376 e. The molecule has 0 saturated carbocycles. The van der Waals surface area contributed by atoms with E-state index in [2.05, 4.69) is 12.2 Å². The molecule has 1 aromatic heterocycles. The summed E-state index contributed by atoms with van der Waals surface area (Å²) in [6.07, 6.45) is 6.32. The highest BCUT2D eigenvalue weighted by molar-refractivity contribution is 7.89. The van der Waals surface area contributed by atoms with E-state index in [1.807, 2.05) is 22.9 Å². The summed E-state index contributed by atoms with van der Waals surface area (Å²) in [5, 5.41) is 3.82. The average Bonchev–Trinajstić information content (AvgIpc) is 3.40. The van der Waals surface area contributed by atoms with Crippen LogP contribution < -0.4 is 5.32 Å². The largest absolute Gasteiger partial charge is 0.376 e. The zero-order valence-corrected chi connectivity index (χ0v) is 18.4. The fourth-order valence-corrected chi connectivity index (χ4v) is 5.76. The number of piperidine rings is 1. The molecule has 30 heavy (non-hydrogen) atoms. The molecule has 4 rings (SSSR count). The number of aromatic nitrogens is 1. The van der Waals surface area contributed by atoms with E-state index in [1.165, 1.54) is 0 Å². The molecule has 0 bridgehead atoms. The molecular formula is C22H31N3O4S. The van der Waals surface area contributed by atoms with E-state index in [4.69, 9.17) is 4.74 Å². The number of benzene rings is 1. The van der Waals surface area contributed by atoms with Crippen molar-refractivity contribution in [1.29, 1.82) is 0 Å². The van der Waals surface area contributed by atoms with Gasteiger partial charge < -0.3 is 14.6 Å². The SMILES string of the molecule is CC1CCN(S(=O)(=O)c2ccc3c(ccn3CCC(=O)NC[C@@H]3CCCO3)c2)CC1. The monoisotopic (exact) mass is 433 g/mol. The first kappa shape index (κ1) is 21.3. The van der Waals surface area contributed by atoms with Crippen molar-refractivity contribution in [2.45, 2.75) is 56.6 Å². The number of nitrogens with one attached hydrogen (secondary N) is 1. The summed E-state index contributed by atoms with van der Waals surface area (Å²) in [6.45, 7) is 5.25. The molecular weight excluding hydrogens is 402 g/mol. The van der Waals surface area contributed by atoms with E-state index in [-0.39, 0.29) is 12.0 Å². The number of hydrogen-bond donors (Lipinski definition) is 1. The van der Waals surface area contributed by atoms with Crippen LogP contribution in [0.25, 0.3) is 10.9 Å². The minimum absolute atomic E-state index is 0.00544. The first-order valence-electron chi connectivity index (χ1n) is 10.9. The number of nitrogens with zero attached hydrogens (tertiary/aromatic N) is 2. The molecule has 2 aliphatic rings. The van der Waals surface area contributed by atoms with Crippen LogP contribution in [0, 0.1) is 5.92 Å². The van der Waals surface area contributed by atoms with Gasteiger partial charge in [-0.1, -0.05) is 6.92 Å². The molecule has 0 radical (unpaired) electrons. The van der Waals surface area contributed by atoms with Gasteiger partial charge in [-0.25, -0.2) is 8.42 Å².